The normalized spacial score (nSPS) is 11.7. The van der Waals surface area contributed by atoms with Crippen LogP contribution in [0.3, 0.4) is 0 Å². The van der Waals surface area contributed by atoms with E-state index in [1.165, 1.54) is 12.3 Å². The Hall–Kier alpha value is -4.19. The number of carbonyl (C=O) groups excluding carboxylic acids is 1. The van der Waals surface area contributed by atoms with Gasteiger partial charge in [-0.2, -0.15) is 0 Å². The molecule has 0 saturated carbocycles. The fourth-order valence-corrected chi connectivity index (χ4v) is 3.48. The molecule has 0 saturated heterocycles. The van der Waals surface area contributed by atoms with Crippen molar-refractivity contribution in [2.45, 2.75) is 6.04 Å². The van der Waals surface area contributed by atoms with Crippen LogP contribution in [0.2, 0.25) is 0 Å². The van der Waals surface area contributed by atoms with Crippen molar-refractivity contribution in [3.63, 3.8) is 0 Å². The zero-order valence-corrected chi connectivity index (χ0v) is 15.8. The number of rotatable bonds is 5. The summed E-state index contributed by atoms with van der Waals surface area (Å²) in [4.78, 5) is 28.6. The third kappa shape index (κ3) is 3.58. The second kappa shape index (κ2) is 8.05. The Morgan fingerprint density at radius 2 is 1.70 bits per heavy atom. The summed E-state index contributed by atoms with van der Waals surface area (Å²) < 4.78 is 0. The minimum atomic E-state index is -1.31. The van der Waals surface area contributed by atoms with Gasteiger partial charge in [-0.1, -0.05) is 60.3 Å². The summed E-state index contributed by atoms with van der Waals surface area (Å²) in [5, 5.41) is 26.9. The van der Waals surface area contributed by atoms with Crippen LogP contribution in [0.5, 0.6) is 5.75 Å². The van der Waals surface area contributed by atoms with Gasteiger partial charge < -0.3 is 15.5 Å². The van der Waals surface area contributed by atoms with Crippen LogP contribution in [0.1, 0.15) is 37.9 Å². The van der Waals surface area contributed by atoms with Crippen molar-refractivity contribution in [3.05, 3.63) is 107 Å². The SMILES string of the molecule is O=C(N[C@@H](c1ccccc1)c1c([O-])c(C(=O)O)cc2ccccc12)c1cccnc1. The molecule has 6 nitrogen and oxygen atoms in total. The molecule has 1 aromatic heterocycles. The molecule has 0 radical (unpaired) electrons. The molecule has 1 amide bonds. The molecule has 3 aromatic carbocycles. The van der Waals surface area contributed by atoms with E-state index < -0.39 is 23.7 Å². The number of benzene rings is 3. The van der Waals surface area contributed by atoms with Gasteiger partial charge in [-0.3, -0.25) is 9.78 Å². The first-order chi connectivity index (χ1) is 14.6. The summed E-state index contributed by atoms with van der Waals surface area (Å²) in [6.07, 6.45) is 2.99. The highest BCUT2D eigenvalue weighted by molar-refractivity contribution is 6.01. The zero-order chi connectivity index (χ0) is 21.1. The quantitative estimate of drug-likeness (QED) is 0.536. The van der Waals surface area contributed by atoms with Gasteiger partial charge in [0.1, 0.15) is 0 Å². The Kier molecular flexibility index (Phi) is 5.13. The smallest absolute Gasteiger partial charge is 0.335 e. The van der Waals surface area contributed by atoms with E-state index in [2.05, 4.69) is 10.3 Å². The van der Waals surface area contributed by atoms with Gasteiger partial charge in [0, 0.05) is 12.4 Å². The van der Waals surface area contributed by atoms with E-state index >= 15 is 0 Å². The van der Waals surface area contributed by atoms with Crippen molar-refractivity contribution in [1.82, 2.24) is 10.3 Å². The summed E-state index contributed by atoms with van der Waals surface area (Å²) in [5.41, 5.74) is 0.887. The maximum Gasteiger partial charge on any atom is 0.335 e. The van der Waals surface area contributed by atoms with E-state index in [-0.39, 0.29) is 11.1 Å². The number of nitrogens with zero attached hydrogens (tertiary/aromatic N) is 1. The van der Waals surface area contributed by atoms with Crippen LogP contribution in [-0.4, -0.2) is 22.0 Å². The summed E-state index contributed by atoms with van der Waals surface area (Å²) in [6, 6.07) is 19.8. The van der Waals surface area contributed by atoms with Gasteiger partial charge in [-0.05, 0) is 40.1 Å². The van der Waals surface area contributed by atoms with E-state index in [4.69, 9.17) is 0 Å². The van der Waals surface area contributed by atoms with Crippen molar-refractivity contribution in [3.8, 4) is 5.75 Å². The second-order valence-corrected chi connectivity index (χ2v) is 6.75. The van der Waals surface area contributed by atoms with Gasteiger partial charge in [0.2, 0.25) is 0 Å². The average molecular weight is 397 g/mol. The van der Waals surface area contributed by atoms with E-state index in [1.54, 1.807) is 66.9 Å². The number of pyridine rings is 1. The molecule has 0 fully saturated rings. The second-order valence-electron chi connectivity index (χ2n) is 6.75. The van der Waals surface area contributed by atoms with Crippen LogP contribution in [0, 0.1) is 0 Å². The first-order valence-electron chi connectivity index (χ1n) is 9.28. The number of aromatic carboxylic acids is 1. The summed E-state index contributed by atoms with van der Waals surface area (Å²) >= 11 is 0. The average Bonchev–Trinajstić information content (AvgIpc) is 2.78. The van der Waals surface area contributed by atoms with Gasteiger partial charge in [0.15, 0.2) is 0 Å². The molecule has 0 aliphatic heterocycles. The highest BCUT2D eigenvalue weighted by Crippen LogP contribution is 2.37. The fourth-order valence-electron chi connectivity index (χ4n) is 3.48. The molecule has 0 bridgehead atoms. The number of hydrogen-bond acceptors (Lipinski definition) is 4. The number of carbonyl (C=O) groups is 2. The predicted molar refractivity (Wildman–Crippen MR) is 110 cm³/mol. The molecular formula is C24H17N2O4-. The summed E-state index contributed by atoms with van der Waals surface area (Å²) in [6.45, 7) is 0. The molecule has 30 heavy (non-hydrogen) atoms. The monoisotopic (exact) mass is 397 g/mol. The van der Waals surface area contributed by atoms with Crippen molar-refractivity contribution in [1.29, 1.82) is 0 Å². The lowest BCUT2D eigenvalue weighted by Crippen LogP contribution is -2.30. The highest BCUT2D eigenvalue weighted by Gasteiger charge is 2.23. The number of hydrogen-bond donors (Lipinski definition) is 2. The number of aromatic nitrogens is 1. The van der Waals surface area contributed by atoms with E-state index in [1.807, 2.05) is 6.07 Å². The summed E-state index contributed by atoms with van der Waals surface area (Å²) in [7, 11) is 0. The third-order valence-electron chi connectivity index (χ3n) is 4.89. The van der Waals surface area contributed by atoms with Gasteiger partial charge in [-0.15, -0.1) is 0 Å². The zero-order valence-electron chi connectivity index (χ0n) is 15.8. The van der Waals surface area contributed by atoms with Crippen LogP contribution in [0.25, 0.3) is 10.8 Å². The number of carboxylic acid groups (broad SMARTS) is 1. The Morgan fingerprint density at radius 1 is 0.967 bits per heavy atom. The molecule has 0 unspecified atom stereocenters. The highest BCUT2D eigenvalue weighted by atomic mass is 16.4. The predicted octanol–water partition coefficient (Wildman–Crippen LogP) is 3.53. The van der Waals surface area contributed by atoms with Gasteiger partial charge >= 0.3 is 5.97 Å². The van der Waals surface area contributed by atoms with Crippen LogP contribution in [0.15, 0.2) is 85.2 Å². The van der Waals surface area contributed by atoms with Crippen molar-refractivity contribution in [2.75, 3.05) is 0 Å². The maximum absolute atomic E-state index is 13.2. The first kappa shape index (κ1) is 19.1. The van der Waals surface area contributed by atoms with E-state index in [0.717, 1.165) is 0 Å². The molecule has 0 aliphatic carbocycles. The van der Waals surface area contributed by atoms with E-state index in [9.17, 15) is 19.8 Å². The number of fused-ring (bicyclic) bond motifs is 1. The number of nitrogens with one attached hydrogen (secondary N) is 1. The molecule has 0 aliphatic rings. The standard InChI is InChI=1S/C24H18N2O4/c27-22-19(24(29)30)13-16-9-4-5-11-18(16)20(22)21(15-7-2-1-3-8-15)26-23(28)17-10-6-12-25-14-17/h1-14,21,27H,(H,26,28)(H,29,30)/p-1/t21-/m0/s1. The Bertz CT molecular complexity index is 1220. The van der Waals surface area contributed by atoms with Gasteiger partial charge in [0.05, 0.1) is 17.2 Å². The summed E-state index contributed by atoms with van der Waals surface area (Å²) in [5.74, 6) is -2.35. The molecule has 148 valence electrons. The first-order valence-corrected chi connectivity index (χ1v) is 9.28. The molecule has 0 spiro atoms. The number of amides is 1. The Balaban J connectivity index is 1.94. The minimum absolute atomic E-state index is 0.217. The Morgan fingerprint density at radius 3 is 2.40 bits per heavy atom. The van der Waals surface area contributed by atoms with Crippen LogP contribution in [0.4, 0.5) is 0 Å². The third-order valence-corrected chi connectivity index (χ3v) is 4.89. The molecule has 2 N–H and O–H groups in total. The van der Waals surface area contributed by atoms with Crippen molar-refractivity contribution >= 4 is 22.6 Å². The largest absolute Gasteiger partial charge is 0.872 e. The lowest BCUT2D eigenvalue weighted by molar-refractivity contribution is -0.269. The molecule has 1 atom stereocenters. The molecular weight excluding hydrogens is 380 g/mol. The van der Waals surface area contributed by atoms with E-state index in [0.29, 0.717) is 21.9 Å². The van der Waals surface area contributed by atoms with Crippen molar-refractivity contribution < 1.29 is 19.8 Å². The molecule has 1 heterocycles. The lowest BCUT2D eigenvalue weighted by atomic mass is 9.90. The lowest BCUT2D eigenvalue weighted by Gasteiger charge is -2.28. The van der Waals surface area contributed by atoms with Crippen LogP contribution >= 0.6 is 0 Å². The molecule has 4 aromatic rings. The van der Waals surface area contributed by atoms with Crippen molar-refractivity contribution in [2.24, 2.45) is 0 Å². The fraction of sp³-hybridized carbons (Fsp3) is 0.0417. The molecule has 4 rings (SSSR count). The van der Waals surface area contributed by atoms with Gasteiger partial charge in [0.25, 0.3) is 5.91 Å². The van der Waals surface area contributed by atoms with Crippen LogP contribution < -0.4 is 10.4 Å². The Labute approximate surface area is 172 Å². The maximum atomic E-state index is 13.2. The van der Waals surface area contributed by atoms with Crippen LogP contribution in [-0.2, 0) is 0 Å². The topological polar surface area (TPSA) is 102 Å². The number of carboxylic acids is 1. The minimum Gasteiger partial charge on any atom is -0.872 e. The van der Waals surface area contributed by atoms with Gasteiger partial charge in [-0.25, -0.2) is 4.79 Å². The molecule has 6 heteroatoms.